The lowest BCUT2D eigenvalue weighted by Gasteiger charge is -2.27. The van der Waals surface area contributed by atoms with Crippen molar-refractivity contribution in [3.63, 3.8) is 0 Å². The molecule has 4 N–H and O–H groups in total. The van der Waals surface area contributed by atoms with Gasteiger partial charge in [-0.15, -0.1) is 10.2 Å². The van der Waals surface area contributed by atoms with Crippen molar-refractivity contribution < 1.29 is 9.90 Å². The highest BCUT2D eigenvalue weighted by Crippen LogP contribution is 2.27. The fraction of sp³-hybridized carbons (Fsp3) is 0.643. The van der Waals surface area contributed by atoms with Crippen LogP contribution in [0.25, 0.3) is 0 Å². The monoisotopic (exact) mass is 278 g/mol. The molecule has 6 heteroatoms. The zero-order valence-electron chi connectivity index (χ0n) is 11.6. The van der Waals surface area contributed by atoms with E-state index in [4.69, 9.17) is 5.73 Å². The highest BCUT2D eigenvalue weighted by Gasteiger charge is 2.22. The third-order valence-corrected chi connectivity index (χ3v) is 3.84. The molecule has 1 amide bonds. The molecule has 2 atom stereocenters. The molecule has 20 heavy (non-hydrogen) atoms. The van der Waals surface area contributed by atoms with Crippen molar-refractivity contribution in [3.8, 4) is 0 Å². The number of amides is 1. The molecule has 1 fully saturated rings. The molecule has 110 valence electrons. The average Bonchev–Trinajstić information content (AvgIpc) is 2.46. The molecule has 1 aromatic heterocycles. The molecule has 1 saturated carbocycles. The Morgan fingerprint density at radius 3 is 2.80 bits per heavy atom. The lowest BCUT2D eigenvalue weighted by Crippen LogP contribution is -2.24. The third kappa shape index (κ3) is 4.16. The Hall–Kier alpha value is -1.69. The van der Waals surface area contributed by atoms with Crippen LogP contribution in [0.1, 0.15) is 49.0 Å². The van der Waals surface area contributed by atoms with Crippen molar-refractivity contribution in [1.29, 1.82) is 0 Å². The van der Waals surface area contributed by atoms with Gasteiger partial charge in [0.2, 0.25) is 0 Å². The highest BCUT2D eigenvalue weighted by atomic mass is 16.3. The fourth-order valence-corrected chi connectivity index (χ4v) is 2.66. The van der Waals surface area contributed by atoms with Crippen LogP contribution in [0.4, 0.5) is 5.82 Å². The summed E-state index contributed by atoms with van der Waals surface area (Å²) in [6.45, 7) is 0.786. The minimum absolute atomic E-state index is 0.126. The number of rotatable bonds is 6. The Bertz CT molecular complexity index is 435. The molecular weight excluding hydrogens is 256 g/mol. The lowest BCUT2D eigenvalue weighted by atomic mass is 9.83. The summed E-state index contributed by atoms with van der Waals surface area (Å²) in [6, 6.07) is 3.26. The number of hydrogen-bond donors (Lipinski definition) is 3. The summed E-state index contributed by atoms with van der Waals surface area (Å²) in [5.74, 6) is 0.503. The summed E-state index contributed by atoms with van der Waals surface area (Å²) >= 11 is 0. The van der Waals surface area contributed by atoms with E-state index in [9.17, 15) is 9.90 Å². The van der Waals surface area contributed by atoms with E-state index in [1.165, 1.54) is 6.42 Å². The van der Waals surface area contributed by atoms with Gasteiger partial charge in [-0.3, -0.25) is 4.79 Å². The van der Waals surface area contributed by atoms with Gasteiger partial charge in [0.1, 0.15) is 5.82 Å². The molecule has 6 nitrogen and oxygen atoms in total. The first-order chi connectivity index (χ1) is 9.66. The van der Waals surface area contributed by atoms with Gasteiger partial charge in [-0.25, -0.2) is 0 Å². The van der Waals surface area contributed by atoms with Crippen molar-refractivity contribution in [2.45, 2.75) is 44.6 Å². The molecule has 0 bridgehead atoms. The van der Waals surface area contributed by atoms with Crippen molar-refractivity contribution in [2.75, 3.05) is 11.9 Å². The van der Waals surface area contributed by atoms with E-state index in [2.05, 4.69) is 15.5 Å². The minimum Gasteiger partial charge on any atom is -0.393 e. The van der Waals surface area contributed by atoms with Crippen molar-refractivity contribution in [2.24, 2.45) is 11.7 Å². The summed E-state index contributed by atoms with van der Waals surface area (Å²) in [7, 11) is 0. The minimum atomic E-state index is -0.574. The van der Waals surface area contributed by atoms with Crippen LogP contribution in [0, 0.1) is 5.92 Å². The van der Waals surface area contributed by atoms with Gasteiger partial charge in [0.15, 0.2) is 5.69 Å². The average molecular weight is 278 g/mol. The van der Waals surface area contributed by atoms with Gasteiger partial charge in [0.25, 0.3) is 5.91 Å². The molecule has 0 aliphatic heterocycles. The number of carbonyl (C=O) groups is 1. The Labute approximate surface area is 118 Å². The SMILES string of the molecule is NC(=O)c1ccc(NCCCC2CCCCC2O)nn1. The van der Waals surface area contributed by atoms with E-state index in [-0.39, 0.29) is 11.8 Å². The molecule has 2 unspecified atom stereocenters. The van der Waals surface area contributed by atoms with Gasteiger partial charge in [-0.2, -0.15) is 0 Å². The van der Waals surface area contributed by atoms with Gasteiger partial charge in [0, 0.05) is 6.54 Å². The normalized spacial score (nSPS) is 22.4. The van der Waals surface area contributed by atoms with Gasteiger partial charge in [-0.05, 0) is 43.7 Å². The van der Waals surface area contributed by atoms with Crippen LogP contribution in [-0.2, 0) is 0 Å². The zero-order chi connectivity index (χ0) is 14.4. The van der Waals surface area contributed by atoms with Crippen LogP contribution < -0.4 is 11.1 Å². The number of aliphatic hydroxyl groups is 1. The van der Waals surface area contributed by atoms with Crippen LogP contribution in [0.15, 0.2) is 12.1 Å². The van der Waals surface area contributed by atoms with Crippen molar-refractivity contribution >= 4 is 11.7 Å². The molecule has 2 rings (SSSR count). The largest absolute Gasteiger partial charge is 0.393 e. The maximum absolute atomic E-state index is 10.9. The zero-order valence-corrected chi connectivity index (χ0v) is 11.6. The second-order valence-corrected chi connectivity index (χ2v) is 5.35. The van der Waals surface area contributed by atoms with E-state index in [0.29, 0.717) is 11.7 Å². The Balaban J connectivity index is 1.69. The van der Waals surface area contributed by atoms with Gasteiger partial charge < -0.3 is 16.2 Å². The maximum atomic E-state index is 10.9. The van der Waals surface area contributed by atoms with E-state index < -0.39 is 5.91 Å². The number of nitrogens with two attached hydrogens (primary N) is 1. The van der Waals surface area contributed by atoms with Crippen LogP contribution in [0.3, 0.4) is 0 Å². The van der Waals surface area contributed by atoms with Crippen molar-refractivity contribution in [1.82, 2.24) is 10.2 Å². The number of aromatic nitrogens is 2. The van der Waals surface area contributed by atoms with Crippen molar-refractivity contribution in [3.05, 3.63) is 17.8 Å². The highest BCUT2D eigenvalue weighted by molar-refractivity contribution is 5.90. The summed E-state index contributed by atoms with van der Waals surface area (Å²) in [6.07, 6.45) is 6.35. The predicted molar refractivity (Wildman–Crippen MR) is 76.2 cm³/mol. The first kappa shape index (κ1) is 14.7. The first-order valence-electron chi connectivity index (χ1n) is 7.22. The molecule has 0 aromatic carbocycles. The van der Waals surface area contributed by atoms with Gasteiger partial charge in [-0.1, -0.05) is 12.8 Å². The Morgan fingerprint density at radius 1 is 1.35 bits per heavy atom. The van der Waals surface area contributed by atoms with Crippen LogP contribution in [0.5, 0.6) is 0 Å². The Morgan fingerprint density at radius 2 is 2.15 bits per heavy atom. The quantitative estimate of drug-likeness (QED) is 0.681. The first-order valence-corrected chi connectivity index (χ1v) is 7.22. The number of nitrogens with zero attached hydrogens (tertiary/aromatic N) is 2. The number of primary amides is 1. The summed E-state index contributed by atoms with van der Waals surface area (Å²) in [5, 5.41) is 20.7. The molecule has 0 spiro atoms. The van der Waals surface area contributed by atoms with E-state index in [1.54, 1.807) is 12.1 Å². The summed E-state index contributed by atoms with van der Waals surface area (Å²) < 4.78 is 0. The second-order valence-electron chi connectivity index (χ2n) is 5.35. The number of nitrogens with one attached hydrogen (secondary N) is 1. The summed E-state index contributed by atoms with van der Waals surface area (Å²) in [4.78, 5) is 10.9. The topological polar surface area (TPSA) is 101 Å². The number of carbonyl (C=O) groups excluding carboxylic acids is 1. The third-order valence-electron chi connectivity index (χ3n) is 3.84. The molecule has 1 heterocycles. The molecule has 1 aliphatic carbocycles. The second kappa shape index (κ2) is 7.19. The number of aliphatic hydroxyl groups excluding tert-OH is 1. The van der Waals surface area contributed by atoms with Crippen LogP contribution in [0.2, 0.25) is 0 Å². The van der Waals surface area contributed by atoms with Crippen LogP contribution in [-0.4, -0.2) is 33.9 Å². The predicted octanol–water partition coefficient (Wildman–Crippen LogP) is 1.32. The van der Waals surface area contributed by atoms with E-state index >= 15 is 0 Å². The van der Waals surface area contributed by atoms with Gasteiger partial charge >= 0.3 is 0 Å². The molecule has 0 radical (unpaired) electrons. The standard InChI is InChI=1S/C14H22N4O2/c15-14(20)11-7-8-13(18-17-11)16-9-3-5-10-4-1-2-6-12(10)19/h7-8,10,12,19H,1-6,9H2,(H2,15,20)(H,16,18). The fourth-order valence-electron chi connectivity index (χ4n) is 2.66. The number of anilines is 1. The molecule has 1 aromatic rings. The number of hydrogen-bond acceptors (Lipinski definition) is 5. The molecule has 0 saturated heterocycles. The summed E-state index contributed by atoms with van der Waals surface area (Å²) in [5.41, 5.74) is 5.26. The lowest BCUT2D eigenvalue weighted by molar-refractivity contribution is 0.0648. The Kier molecular flexibility index (Phi) is 5.29. The molecular formula is C14H22N4O2. The van der Waals surface area contributed by atoms with E-state index in [0.717, 1.165) is 38.6 Å². The molecule has 1 aliphatic rings. The smallest absolute Gasteiger partial charge is 0.269 e. The van der Waals surface area contributed by atoms with Gasteiger partial charge in [0.05, 0.1) is 6.10 Å². The van der Waals surface area contributed by atoms with E-state index in [1.807, 2.05) is 0 Å². The maximum Gasteiger partial charge on any atom is 0.269 e. The van der Waals surface area contributed by atoms with Crippen LogP contribution >= 0.6 is 0 Å².